The fraction of sp³-hybridized carbons (Fsp3) is 0.200. The molecule has 0 amide bonds. The van der Waals surface area contributed by atoms with Gasteiger partial charge in [0.1, 0.15) is 5.75 Å². The summed E-state index contributed by atoms with van der Waals surface area (Å²) in [5.41, 5.74) is 0.943. The molecule has 2 aromatic carbocycles. The maximum Gasteiger partial charge on any atom is 0.119 e. The third-order valence-electron chi connectivity index (χ3n) is 2.61. The molecule has 0 aliphatic heterocycles. The van der Waals surface area contributed by atoms with Crippen LogP contribution in [0.15, 0.2) is 41.6 Å². The summed E-state index contributed by atoms with van der Waals surface area (Å²) in [4.78, 5) is 9.92. The number of benzene rings is 2. The Morgan fingerprint density at radius 2 is 1.94 bits per heavy atom. The van der Waals surface area contributed by atoms with Crippen LogP contribution in [0.2, 0.25) is 0 Å². The van der Waals surface area contributed by atoms with E-state index in [0.717, 1.165) is 22.1 Å². The monoisotopic (exact) mass is 239 g/mol. The predicted octanol–water partition coefficient (Wildman–Crippen LogP) is 3.36. The molecule has 0 N–H and O–H groups in total. The van der Waals surface area contributed by atoms with Crippen LogP contribution in [0.25, 0.3) is 10.8 Å². The summed E-state index contributed by atoms with van der Waals surface area (Å²) in [6, 6.07) is 11.9. The van der Waals surface area contributed by atoms with Gasteiger partial charge in [0, 0.05) is 12.0 Å². The zero-order valence-electron chi connectivity index (χ0n) is 10.1. The Labute approximate surface area is 106 Å². The summed E-state index contributed by atoms with van der Waals surface area (Å²) in [5, 5.41) is 5.01. The first-order valence-corrected chi connectivity index (χ1v) is 5.69. The lowest BCUT2D eigenvalue weighted by Gasteiger charge is -2.02. The second-order valence-corrected chi connectivity index (χ2v) is 3.83. The Morgan fingerprint density at radius 3 is 2.72 bits per heavy atom. The summed E-state index contributed by atoms with van der Waals surface area (Å²) in [5.74, 6) is 6.79. The van der Waals surface area contributed by atoms with Crippen molar-refractivity contribution < 1.29 is 4.74 Å². The molecular formula is C15H13NO2. The molecule has 2 rings (SSSR count). The van der Waals surface area contributed by atoms with E-state index in [9.17, 15) is 4.91 Å². The van der Waals surface area contributed by atoms with Crippen LogP contribution in [0.3, 0.4) is 0 Å². The van der Waals surface area contributed by atoms with E-state index < -0.39 is 0 Å². The highest BCUT2D eigenvalue weighted by molar-refractivity contribution is 5.85. The SMILES string of the molecule is COc1ccc2cc(C#CCCN=O)ccc2c1. The van der Waals surface area contributed by atoms with Crippen molar-refractivity contribution in [1.29, 1.82) is 0 Å². The number of methoxy groups -OCH3 is 1. The molecule has 0 spiro atoms. The first-order valence-electron chi connectivity index (χ1n) is 5.69. The zero-order chi connectivity index (χ0) is 12.8. The average molecular weight is 239 g/mol. The molecule has 0 atom stereocenters. The molecule has 0 heterocycles. The molecule has 0 radical (unpaired) electrons. The lowest BCUT2D eigenvalue weighted by atomic mass is 10.1. The van der Waals surface area contributed by atoms with E-state index in [2.05, 4.69) is 17.0 Å². The van der Waals surface area contributed by atoms with E-state index in [1.165, 1.54) is 0 Å². The highest BCUT2D eigenvalue weighted by atomic mass is 16.5. The standard InChI is InChI=1S/C15H13NO2/c1-18-15-8-7-13-10-12(4-2-3-9-16-17)5-6-14(13)11-15/h5-8,10-11H,3,9H2,1H3. The second kappa shape index (κ2) is 5.83. The number of rotatable bonds is 3. The maximum absolute atomic E-state index is 9.92. The smallest absolute Gasteiger partial charge is 0.119 e. The van der Waals surface area contributed by atoms with Gasteiger partial charge in [0.05, 0.1) is 13.7 Å². The fourth-order valence-corrected chi connectivity index (χ4v) is 1.69. The van der Waals surface area contributed by atoms with Crippen LogP contribution in [-0.4, -0.2) is 13.7 Å². The Hall–Kier alpha value is -2.34. The lowest BCUT2D eigenvalue weighted by Crippen LogP contribution is -1.83. The number of hydrogen-bond acceptors (Lipinski definition) is 3. The van der Waals surface area contributed by atoms with Crippen LogP contribution in [0.5, 0.6) is 5.75 Å². The van der Waals surface area contributed by atoms with Crippen LogP contribution in [0.1, 0.15) is 12.0 Å². The summed E-state index contributed by atoms with van der Waals surface area (Å²) in [6.07, 6.45) is 0.504. The van der Waals surface area contributed by atoms with Gasteiger partial charge in [0.25, 0.3) is 0 Å². The predicted molar refractivity (Wildman–Crippen MR) is 72.7 cm³/mol. The van der Waals surface area contributed by atoms with E-state index in [4.69, 9.17) is 4.74 Å². The zero-order valence-corrected chi connectivity index (χ0v) is 10.1. The Morgan fingerprint density at radius 1 is 1.17 bits per heavy atom. The van der Waals surface area contributed by atoms with Crippen LogP contribution in [0.4, 0.5) is 0 Å². The average Bonchev–Trinajstić information content (AvgIpc) is 2.43. The van der Waals surface area contributed by atoms with Gasteiger partial charge in [-0.05, 0) is 35.0 Å². The first kappa shape index (κ1) is 12.1. The fourth-order valence-electron chi connectivity index (χ4n) is 1.69. The summed E-state index contributed by atoms with van der Waals surface area (Å²) in [6.45, 7) is 0.248. The quantitative estimate of drug-likeness (QED) is 0.468. The number of nitroso groups, excluding NO2 is 1. The van der Waals surface area contributed by atoms with Crippen molar-refractivity contribution in [3.05, 3.63) is 46.9 Å². The maximum atomic E-state index is 9.92. The van der Waals surface area contributed by atoms with E-state index in [1.54, 1.807) is 7.11 Å². The van der Waals surface area contributed by atoms with Crippen molar-refractivity contribution in [2.24, 2.45) is 5.18 Å². The molecule has 0 saturated heterocycles. The van der Waals surface area contributed by atoms with Crippen molar-refractivity contribution in [2.45, 2.75) is 6.42 Å². The minimum absolute atomic E-state index is 0.248. The normalized spacial score (nSPS) is 9.61. The van der Waals surface area contributed by atoms with E-state index in [0.29, 0.717) is 6.42 Å². The van der Waals surface area contributed by atoms with Gasteiger partial charge in [-0.15, -0.1) is 0 Å². The van der Waals surface area contributed by atoms with Gasteiger partial charge in [-0.25, -0.2) is 0 Å². The molecule has 18 heavy (non-hydrogen) atoms. The van der Waals surface area contributed by atoms with E-state index in [1.807, 2.05) is 36.4 Å². The van der Waals surface area contributed by atoms with Gasteiger partial charge in [-0.3, -0.25) is 0 Å². The largest absolute Gasteiger partial charge is 0.497 e. The van der Waals surface area contributed by atoms with Gasteiger partial charge in [0.2, 0.25) is 0 Å². The van der Waals surface area contributed by atoms with Gasteiger partial charge >= 0.3 is 0 Å². The molecule has 0 aromatic heterocycles. The number of fused-ring (bicyclic) bond motifs is 1. The highest BCUT2D eigenvalue weighted by Gasteiger charge is 1.97. The Balaban J connectivity index is 2.26. The number of hydrogen-bond donors (Lipinski definition) is 0. The van der Waals surface area contributed by atoms with Crippen LogP contribution >= 0.6 is 0 Å². The van der Waals surface area contributed by atoms with Crippen LogP contribution in [0, 0.1) is 16.7 Å². The van der Waals surface area contributed by atoms with Gasteiger partial charge in [0.15, 0.2) is 0 Å². The van der Waals surface area contributed by atoms with E-state index in [-0.39, 0.29) is 6.54 Å². The molecule has 0 aliphatic rings. The second-order valence-electron chi connectivity index (χ2n) is 3.83. The van der Waals surface area contributed by atoms with Crippen LogP contribution in [-0.2, 0) is 0 Å². The molecule has 0 aliphatic carbocycles. The minimum atomic E-state index is 0.248. The molecule has 0 saturated carbocycles. The molecule has 2 aromatic rings. The third kappa shape index (κ3) is 2.86. The van der Waals surface area contributed by atoms with Gasteiger partial charge in [-0.1, -0.05) is 29.2 Å². The highest BCUT2D eigenvalue weighted by Crippen LogP contribution is 2.21. The number of nitrogens with zero attached hydrogens (tertiary/aromatic N) is 1. The van der Waals surface area contributed by atoms with Gasteiger partial charge in [-0.2, -0.15) is 4.91 Å². The topological polar surface area (TPSA) is 38.7 Å². The van der Waals surface area contributed by atoms with Crippen molar-refractivity contribution >= 4 is 10.8 Å². The molecular weight excluding hydrogens is 226 g/mol. The van der Waals surface area contributed by atoms with E-state index >= 15 is 0 Å². The molecule has 0 fully saturated rings. The lowest BCUT2D eigenvalue weighted by molar-refractivity contribution is 0.415. The van der Waals surface area contributed by atoms with Gasteiger partial charge < -0.3 is 4.74 Å². The van der Waals surface area contributed by atoms with Crippen molar-refractivity contribution in [3.63, 3.8) is 0 Å². The summed E-state index contributed by atoms with van der Waals surface area (Å²) in [7, 11) is 1.65. The van der Waals surface area contributed by atoms with Crippen molar-refractivity contribution in [1.82, 2.24) is 0 Å². The number of ether oxygens (including phenoxy) is 1. The minimum Gasteiger partial charge on any atom is -0.497 e. The van der Waals surface area contributed by atoms with Crippen molar-refractivity contribution in [2.75, 3.05) is 13.7 Å². The molecule has 3 nitrogen and oxygen atoms in total. The molecule has 3 heteroatoms. The summed E-state index contributed by atoms with van der Waals surface area (Å²) < 4.78 is 5.18. The Bertz CT molecular complexity index is 623. The van der Waals surface area contributed by atoms with Crippen molar-refractivity contribution in [3.8, 4) is 17.6 Å². The van der Waals surface area contributed by atoms with Crippen LogP contribution < -0.4 is 4.74 Å². The summed E-state index contributed by atoms with van der Waals surface area (Å²) >= 11 is 0. The molecule has 0 bridgehead atoms. The first-order chi connectivity index (χ1) is 8.83. The third-order valence-corrected chi connectivity index (χ3v) is 2.61. The Kier molecular flexibility index (Phi) is 3.93. The molecule has 0 unspecified atom stereocenters. The molecule has 90 valence electrons.